The fourth-order valence-electron chi connectivity index (χ4n) is 1.77. The van der Waals surface area contributed by atoms with Crippen molar-refractivity contribution in [1.29, 1.82) is 0 Å². The first-order valence-corrected chi connectivity index (χ1v) is 7.63. The van der Waals surface area contributed by atoms with Crippen LogP contribution in [-0.2, 0) is 16.1 Å². The third kappa shape index (κ3) is 7.82. The standard InChI is InChI=1S/C17H26N2O5/c1-16(2,3)23-14(21)18-12-7-11(10-20)8-13(9-12)19-15(22)24-17(4,5)6/h7-9,20H,10H2,1-6H3,(H,18,21)(H,19,22). The molecule has 0 radical (unpaired) electrons. The minimum absolute atomic E-state index is 0.243. The van der Waals surface area contributed by atoms with Gasteiger partial charge in [-0.1, -0.05) is 0 Å². The Morgan fingerprint density at radius 1 is 0.875 bits per heavy atom. The van der Waals surface area contributed by atoms with E-state index >= 15 is 0 Å². The molecule has 1 aromatic rings. The van der Waals surface area contributed by atoms with E-state index in [1.165, 1.54) is 0 Å². The minimum atomic E-state index is -0.629. The fourth-order valence-corrected chi connectivity index (χ4v) is 1.77. The first kappa shape index (κ1) is 19.8. The Kier molecular flexibility index (Phi) is 6.20. The Hall–Kier alpha value is -2.28. The summed E-state index contributed by atoms with van der Waals surface area (Å²) in [7, 11) is 0. The zero-order valence-electron chi connectivity index (χ0n) is 15.0. The number of carbonyl (C=O) groups excluding carboxylic acids is 2. The van der Waals surface area contributed by atoms with Gasteiger partial charge in [-0.2, -0.15) is 0 Å². The molecule has 7 nitrogen and oxygen atoms in total. The first-order valence-electron chi connectivity index (χ1n) is 7.63. The van der Waals surface area contributed by atoms with Gasteiger partial charge < -0.3 is 14.6 Å². The minimum Gasteiger partial charge on any atom is -0.444 e. The summed E-state index contributed by atoms with van der Waals surface area (Å²) < 4.78 is 10.4. The normalized spacial score (nSPS) is 11.6. The molecule has 0 fully saturated rings. The lowest BCUT2D eigenvalue weighted by Crippen LogP contribution is -2.28. The molecule has 7 heteroatoms. The SMILES string of the molecule is CC(C)(C)OC(=O)Nc1cc(CO)cc(NC(=O)OC(C)(C)C)c1. The van der Waals surface area contributed by atoms with E-state index in [9.17, 15) is 14.7 Å². The van der Waals surface area contributed by atoms with Gasteiger partial charge in [-0.15, -0.1) is 0 Å². The van der Waals surface area contributed by atoms with Crippen LogP contribution in [0.25, 0.3) is 0 Å². The average Bonchev–Trinajstić information content (AvgIpc) is 2.33. The van der Waals surface area contributed by atoms with Gasteiger partial charge in [-0.05, 0) is 65.3 Å². The van der Waals surface area contributed by atoms with Crippen LogP contribution in [0.3, 0.4) is 0 Å². The van der Waals surface area contributed by atoms with E-state index in [-0.39, 0.29) is 6.61 Å². The van der Waals surface area contributed by atoms with Crippen LogP contribution in [0.5, 0.6) is 0 Å². The number of aliphatic hydroxyl groups excluding tert-OH is 1. The van der Waals surface area contributed by atoms with Gasteiger partial charge in [0.2, 0.25) is 0 Å². The molecule has 2 amide bonds. The predicted molar refractivity (Wildman–Crippen MR) is 92.1 cm³/mol. The van der Waals surface area contributed by atoms with Crippen molar-refractivity contribution in [2.45, 2.75) is 59.4 Å². The Balaban J connectivity index is 2.88. The number of aliphatic hydroxyl groups is 1. The van der Waals surface area contributed by atoms with Crippen LogP contribution in [0.2, 0.25) is 0 Å². The van der Waals surface area contributed by atoms with Crippen LogP contribution in [0, 0.1) is 0 Å². The number of anilines is 2. The summed E-state index contributed by atoms with van der Waals surface area (Å²) in [5.41, 5.74) is 0.0466. The molecular formula is C17H26N2O5. The molecule has 0 aromatic heterocycles. The van der Waals surface area contributed by atoms with Crippen LogP contribution in [-0.4, -0.2) is 28.5 Å². The second-order valence-electron chi connectivity index (χ2n) is 7.33. The van der Waals surface area contributed by atoms with Crippen LogP contribution < -0.4 is 10.6 Å². The number of hydrogen-bond acceptors (Lipinski definition) is 5. The van der Waals surface area contributed by atoms with Gasteiger partial charge in [0.25, 0.3) is 0 Å². The van der Waals surface area contributed by atoms with Crippen LogP contribution in [0.15, 0.2) is 18.2 Å². The molecule has 0 saturated heterocycles. The van der Waals surface area contributed by atoms with Gasteiger partial charge in [-0.3, -0.25) is 10.6 Å². The van der Waals surface area contributed by atoms with Gasteiger partial charge in [0, 0.05) is 11.4 Å². The third-order valence-corrected chi connectivity index (χ3v) is 2.47. The number of amides is 2. The first-order chi connectivity index (χ1) is 10.9. The van der Waals surface area contributed by atoms with E-state index in [4.69, 9.17) is 9.47 Å². The maximum absolute atomic E-state index is 11.8. The van der Waals surface area contributed by atoms with Crippen molar-refractivity contribution in [3.63, 3.8) is 0 Å². The lowest BCUT2D eigenvalue weighted by molar-refractivity contribution is 0.0625. The second kappa shape index (κ2) is 7.53. The molecule has 0 aliphatic heterocycles. The molecule has 24 heavy (non-hydrogen) atoms. The topological polar surface area (TPSA) is 96.9 Å². The molecule has 3 N–H and O–H groups in total. The fraction of sp³-hybridized carbons (Fsp3) is 0.529. The molecule has 0 aliphatic rings. The molecule has 0 saturated carbocycles. The van der Waals surface area contributed by atoms with Crippen LogP contribution >= 0.6 is 0 Å². The molecule has 1 rings (SSSR count). The smallest absolute Gasteiger partial charge is 0.412 e. The number of carbonyl (C=O) groups is 2. The summed E-state index contributed by atoms with van der Waals surface area (Å²) in [6.45, 7) is 10.3. The van der Waals surface area contributed by atoms with E-state index in [0.29, 0.717) is 16.9 Å². The van der Waals surface area contributed by atoms with Crippen LogP contribution in [0.4, 0.5) is 21.0 Å². The van der Waals surface area contributed by atoms with Crippen molar-refractivity contribution in [3.8, 4) is 0 Å². The predicted octanol–water partition coefficient (Wildman–Crippen LogP) is 3.87. The average molecular weight is 338 g/mol. The van der Waals surface area contributed by atoms with Crippen molar-refractivity contribution < 1.29 is 24.2 Å². The molecule has 0 unspecified atom stereocenters. The molecule has 0 spiro atoms. The van der Waals surface area contributed by atoms with Gasteiger partial charge in [0.05, 0.1) is 6.61 Å². The van der Waals surface area contributed by atoms with Gasteiger partial charge in [-0.25, -0.2) is 9.59 Å². The summed E-state index contributed by atoms with van der Waals surface area (Å²) in [5.74, 6) is 0. The van der Waals surface area contributed by atoms with Crippen molar-refractivity contribution in [2.75, 3.05) is 10.6 Å². The van der Waals surface area contributed by atoms with E-state index in [2.05, 4.69) is 10.6 Å². The van der Waals surface area contributed by atoms with E-state index in [1.54, 1.807) is 59.7 Å². The van der Waals surface area contributed by atoms with E-state index in [0.717, 1.165) is 0 Å². The van der Waals surface area contributed by atoms with Gasteiger partial charge >= 0.3 is 12.2 Å². The number of rotatable bonds is 3. The highest BCUT2D eigenvalue weighted by atomic mass is 16.6. The molecule has 1 aromatic carbocycles. The van der Waals surface area contributed by atoms with Crippen molar-refractivity contribution in [1.82, 2.24) is 0 Å². The lowest BCUT2D eigenvalue weighted by atomic mass is 10.1. The number of ether oxygens (including phenoxy) is 2. The lowest BCUT2D eigenvalue weighted by Gasteiger charge is -2.21. The van der Waals surface area contributed by atoms with E-state index in [1.807, 2.05) is 0 Å². The highest BCUT2D eigenvalue weighted by molar-refractivity contribution is 5.89. The van der Waals surface area contributed by atoms with Gasteiger partial charge in [0.1, 0.15) is 11.2 Å². The third-order valence-electron chi connectivity index (χ3n) is 2.47. The highest BCUT2D eigenvalue weighted by Crippen LogP contribution is 2.21. The molecule has 134 valence electrons. The Bertz CT molecular complexity index is 552. The summed E-state index contributed by atoms with van der Waals surface area (Å²) in [6.07, 6.45) is -1.25. The molecule has 0 heterocycles. The van der Waals surface area contributed by atoms with Crippen LogP contribution in [0.1, 0.15) is 47.1 Å². The highest BCUT2D eigenvalue weighted by Gasteiger charge is 2.18. The maximum atomic E-state index is 11.8. The van der Waals surface area contributed by atoms with Crippen molar-refractivity contribution in [3.05, 3.63) is 23.8 Å². The second-order valence-corrected chi connectivity index (χ2v) is 7.33. The Labute approximate surface area is 142 Å². The number of benzene rings is 1. The molecule has 0 bridgehead atoms. The molecular weight excluding hydrogens is 312 g/mol. The summed E-state index contributed by atoms with van der Waals surface area (Å²) in [6, 6.07) is 4.72. The monoisotopic (exact) mass is 338 g/mol. The Morgan fingerprint density at radius 3 is 1.54 bits per heavy atom. The van der Waals surface area contributed by atoms with Crippen molar-refractivity contribution >= 4 is 23.6 Å². The largest absolute Gasteiger partial charge is 0.444 e. The summed E-state index contributed by atoms with van der Waals surface area (Å²) >= 11 is 0. The van der Waals surface area contributed by atoms with Gasteiger partial charge in [0.15, 0.2) is 0 Å². The summed E-state index contributed by atoms with van der Waals surface area (Å²) in [4.78, 5) is 23.7. The quantitative estimate of drug-likeness (QED) is 0.777. The zero-order valence-corrected chi connectivity index (χ0v) is 15.0. The van der Waals surface area contributed by atoms with Crippen molar-refractivity contribution in [2.24, 2.45) is 0 Å². The zero-order chi connectivity index (χ0) is 18.5. The maximum Gasteiger partial charge on any atom is 0.412 e. The number of hydrogen-bond donors (Lipinski definition) is 3. The summed E-state index contributed by atoms with van der Waals surface area (Å²) in [5, 5.41) is 14.5. The van der Waals surface area contributed by atoms with E-state index < -0.39 is 23.4 Å². The molecule has 0 aliphatic carbocycles. The molecule has 0 atom stereocenters. The number of nitrogens with one attached hydrogen (secondary N) is 2. The Morgan fingerprint density at radius 2 is 1.25 bits per heavy atom.